The molecule has 4 unspecified atom stereocenters. The van der Waals surface area contributed by atoms with Gasteiger partial charge in [-0.1, -0.05) is 52.5 Å². The van der Waals surface area contributed by atoms with Gasteiger partial charge in [0, 0.05) is 30.6 Å². The highest BCUT2D eigenvalue weighted by atomic mass is 19.3. The van der Waals surface area contributed by atoms with Gasteiger partial charge < -0.3 is 10.6 Å². The van der Waals surface area contributed by atoms with Crippen molar-refractivity contribution in [1.29, 1.82) is 0 Å². The summed E-state index contributed by atoms with van der Waals surface area (Å²) in [5, 5.41) is 12.3. The summed E-state index contributed by atoms with van der Waals surface area (Å²) in [6.45, 7) is 8.91. The smallest absolute Gasteiger partial charge is 0.280 e. The lowest BCUT2D eigenvalue weighted by atomic mass is 9.82. The van der Waals surface area contributed by atoms with Crippen LogP contribution in [-0.2, 0) is 0 Å². The molecule has 6 rings (SSSR count). The van der Waals surface area contributed by atoms with E-state index in [0.29, 0.717) is 11.6 Å². The second-order valence-corrected chi connectivity index (χ2v) is 10.8. The van der Waals surface area contributed by atoms with Gasteiger partial charge in [0.1, 0.15) is 11.5 Å². The molecule has 0 amide bonds. The monoisotopic (exact) mass is 501 g/mol. The number of hydrogen-bond acceptors (Lipinski definition) is 6. The van der Waals surface area contributed by atoms with Crippen molar-refractivity contribution in [3.05, 3.63) is 42.5 Å². The molecule has 1 aromatic heterocycles. The van der Waals surface area contributed by atoms with Crippen molar-refractivity contribution in [1.82, 2.24) is 20.1 Å². The number of hydrogen-bond donors (Lipinski definition) is 2. The summed E-state index contributed by atoms with van der Waals surface area (Å²) in [5.41, 5.74) is 4.95. The number of rotatable bonds is 3. The van der Waals surface area contributed by atoms with E-state index in [0.717, 1.165) is 30.1 Å². The van der Waals surface area contributed by atoms with Crippen molar-refractivity contribution in [3.63, 3.8) is 0 Å². The standard InChI is InChI=1S/C16H18F2N6.C9H18.C2H5N/c17-15(18)14-11(6-19-22-14)12-7-20-24-4-3-13(21-16(12)24)23-8-9-1-2-10(23)5-9;1-8(2)9-6-4-3-5-7-9;1-2-3/h3-4,6-7,9-10,12,15-16H,1-2,5,8H2,(H,19,22);8-9H,3-7H2,1-2H3;2H,1,3H2. The van der Waals surface area contributed by atoms with E-state index in [4.69, 9.17) is 4.99 Å². The third-order valence-corrected chi connectivity index (χ3v) is 8.17. The maximum absolute atomic E-state index is 13.2. The summed E-state index contributed by atoms with van der Waals surface area (Å²) in [6, 6.07) is 0.580. The van der Waals surface area contributed by atoms with Crippen LogP contribution < -0.4 is 5.73 Å². The Labute approximate surface area is 213 Å². The average Bonchev–Trinajstić information content (AvgIpc) is 3.68. The number of halogens is 2. The third-order valence-electron chi connectivity index (χ3n) is 8.17. The Morgan fingerprint density at radius 1 is 1.17 bits per heavy atom. The van der Waals surface area contributed by atoms with Crippen LogP contribution in [0, 0.1) is 17.8 Å². The average molecular weight is 502 g/mol. The zero-order valence-corrected chi connectivity index (χ0v) is 21.6. The molecule has 0 aromatic carbocycles. The first-order chi connectivity index (χ1) is 17.4. The zero-order valence-electron chi connectivity index (χ0n) is 21.6. The number of aliphatic imine (C=N–C) groups is 1. The van der Waals surface area contributed by atoms with Crippen LogP contribution in [0.1, 0.15) is 88.8 Å². The van der Waals surface area contributed by atoms with E-state index in [2.05, 4.69) is 46.4 Å². The minimum absolute atomic E-state index is 0.139. The Hall–Kier alpha value is -2.71. The van der Waals surface area contributed by atoms with E-state index in [1.165, 1.54) is 63.8 Å². The molecule has 7 nitrogen and oxygen atoms in total. The van der Waals surface area contributed by atoms with Crippen LogP contribution in [0.3, 0.4) is 0 Å². The van der Waals surface area contributed by atoms with Gasteiger partial charge in [-0.05, 0) is 49.3 Å². The summed E-state index contributed by atoms with van der Waals surface area (Å²) in [4.78, 5) is 7.23. The van der Waals surface area contributed by atoms with Gasteiger partial charge in [-0.2, -0.15) is 10.2 Å². The van der Waals surface area contributed by atoms with Crippen molar-refractivity contribution in [2.24, 2.45) is 33.6 Å². The lowest BCUT2D eigenvalue weighted by Gasteiger charge is -2.33. The molecule has 0 spiro atoms. The molecule has 9 heteroatoms. The molecule has 5 aliphatic rings. The van der Waals surface area contributed by atoms with Crippen molar-refractivity contribution in [2.45, 2.75) is 89.8 Å². The zero-order chi connectivity index (χ0) is 25.7. The number of fused-ring (bicyclic) bond motifs is 3. The normalized spacial score (nSPS) is 28.6. The predicted octanol–water partition coefficient (Wildman–Crippen LogP) is 5.78. The van der Waals surface area contributed by atoms with E-state index in [9.17, 15) is 8.78 Å². The molecule has 4 heterocycles. The number of likely N-dealkylation sites (tertiary alicyclic amines) is 1. The highest BCUT2D eigenvalue weighted by molar-refractivity contribution is 5.94. The number of H-pyrrole nitrogens is 1. The molecular formula is C27H41F2N7. The number of aromatic amines is 1. The van der Waals surface area contributed by atoms with Gasteiger partial charge in [0.15, 0.2) is 6.17 Å². The Morgan fingerprint density at radius 2 is 1.92 bits per heavy atom. The van der Waals surface area contributed by atoms with Gasteiger partial charge in [0.2, 0.25) is 0 Å². The van der Waals surface area contributed by atoms with Gasteiger partial charge in [-0.3, -0.25) is 5.10 Å². The number of piperidine rings is 1. The maximum atomic E-state index is 13.2. The van der Waals surface area contributed by atoms with Crippen LogP contribution in [0.15, 0.2) is 41.3 Å². The molecule has 2 bridgehead atoms. The number of alkyl halides is 2. The van der Waals surface area contributed by atoms with E-state index >= 15 is 0 Å². The maximum Gasteiger partial charge on any atom is 0.280 e. The van der Waals surface area contributed by atoms with Crippen molar-refractivity contribution >= 4 is 12.1 Å². The second-order valence-electron chi connectivity index (χ2n) is 10.8. The molecule has 3 fully saturated rings. The number of hydrazone groups is 1. The third kappa shape index (κ3) is 5.81. The first kappa shape index (κ1) is 26.4. The van der Waals surface area contributed by atoms with E-state index in [-0.39, 0.29) is 17.8 Å². The topological polar surface area (TPSA) is 85.9 Å². The molecule has 4 atom stereocenters. The largest absolute Gasteiger partial charge is 0.405 e. The number of aromatic nitrogens is 2. The Kier molecular flexibility index (Phi) is 8.80. The lowest BCUT2D eigenvalue weighted by Crippen LogP contribution is -2.41. The van der Waals surface area contributed by atoms with Crippen LogP contribution in [0.2, 0.25) is 0 Å². The summed E-state index contributed by atoms with van der Waals surface area (Å²) in [6.07, 6.45) is 16.7. The first-order valence-electron chi connectivity index (χ1n) is 13.4. The van der Waals surface area contributed by atoms with Gasteiger partial charge in [-0.25, -0.2) is 18.8 Å². The second kappa shape index (κ2) is 12.0. The van der Waals surface area contributed by atoms with Gasteiger partial charge in [0.25, 0.3) is 6.43 Å². The molecule has 2 aliphatic carbocycles. The summed E-state index contributed by atoms with van der Waals surface area (Å²) in [7, 11) is 0. The van der Waals surface area contributed by atoms with Crippen molar-refractivity contribution < 1.29 is 8.78 Å². The van der Waals surface area contributed by atoms with Crippen LogP contribution in [-0.4, -0.2) is 50.9 Å². The Bertz CT molecular complexity index is 948. The minimum atomic E-state index is -2.58. The summed E-state index contributed by atoms with van der Waals surface area (Å²) < 4.78 is 26.4. The number of amidine groups is 1. The molecule has 1 aromatic rings. The number of nitrogens with one attached hydrogen (secondary N) is 1. The molecule has 198 valence electrons. The fourth-order valence-corrected chi connectivity index (χ4v) is 6.21. The van der Waals surface area contributed by atoms with Crippen molar-refractivity contribution in [2.75, 3.05) is 6.54 Å². The van der Waals surface area contributed by atoms with E-state index < -0.39 is 6.43 Å². The van der Waals surface area contributed by atoms with E-state index in [1.54, 1.807) is 11.2 Å². The fraction of sp³-hybridized carbons (Fsp3) is 0.667. The SMILES string of the molecule is C=CN.CC(C)C1CCCCC1.FC(F)c1[nH]ncc1C1C=NN2C=CC(N3CC4CCC3C4)=NC12. The highest BCUT2D eigenvalue weighted by Gasteiger charge is 2.42. The van der Waals surface area contributed by atoms with Crippen LogP contribution in [0.4, 0.5) is 8.78 Å². The minimum Gasteiger partial charge on any atom is -0.405 e. The van der Waals surface area contributed by atoms with Gasteiger partial charge in [-0.15, -0.1) is 0 Å². The lowest BCUT2D eigenvalue weighted by molar-refractivity contribution is 0.144. The molecule has 0 radical (unpaired) electrons. The molecule has 36 heavy (non-hydrogen) atoms. The Morgan fingerprint density at radius 3 is 2.50 bits per heavy atom. The van der Waals surface area contributed by atoms with Gasteiger partial charge in [0.05, 0.1) is 12.1 Å². The first-order valence-corrected chi connectivity index (χ1v) is 13.4. The molecule has 2 saturated carbocycles. The quantitative estimate of drug-likeness (QED) is 0.550. The highest BCUT2D eigenvalue weighted by Crippen LogP contribution is 2.40. The summed E-state index contributed by atoms with van der Waals surface area (Å²) in [5.74, 6) is 3.41. The van der Waals surface area contributed by atoms with Crippen molar-refractivity contribution in [3.8, 4) is 0 Å². The Balaban J connectivity index is 0.000000213. The number of nitrogens with zero attached hydrogens (tertiary/aromatic N) is 5. The van der Waals surface area contributed by atoms with Crippen LogP contribution >= 0.6 is 0 Å². The van der Waals surface area contributed by atoms with Crippen LogP contribution in [0.5, 0.6) is 0 Å². The molecule has 3 N–H and O–H groups in total. The molecule has 1 saturated heterocycles. The van der Waals surface area contributed by atoms with E-state index in [1.807, 2.05) is 12.3 Å². The predicted molar refractivity (Wildman–Crippen MR) is 141 cm³/mol. The van der Waals surface area contributed by atoms with Crippen LogP contribution in [0.25, 0.3) is 0 Å². The molecular weight excluding hydrogens is 460 g/mol. The fourth-order valence-electron chi connectivity index (χ4n) is 6.21. The summed E-state index contributed by atoms with van der Waals surface area (Å²) >= 11 is 0. The van der Waals surface area contributed by atoms with Gasteiger partial charge >= 0.3 is 0 Å². The molecule has 3 aliphatic heterocycles. The number of nitrogens with two attached hydrogens (primary N) is 1.